The molecule has 140 valence electrons. The van der Waals surface area contributed by atoms with Crippen molar-refractivity contribution < 1.29 is 9.47 Å². The van der Waals surface area contributed by atoms with Crippen molar-refractivity contribution in [3.05, 3.63) is 65.0 Å². The van der Waals surface area contributed by atoms with Gasteiger partial charge in [-0.1, -0.05) is 26.0 Å². The molecule has 0 aliphatic carbocycles. The Kier molecular flexibility index (Phi) is 5.60. The second kappa shape index (κ2) is 8.08. The van der Waals surface area contributed by atoms with Crippen molar-refractivity contribution in [3.8, 4) is 33.9 Å². The number of nitrogens with zero attached hydrogens (tertiary/aromatic N) is 2. The molecule has 0 saturated carbocycles. The first kappa shape index (κ1) is 18.7. The molecule has 5 heteroatoms. The van der Waals surface area contributed by atoms with Crippen molar-refractivity contribution >= 4 is 0 Å². The van der Waals surface area contributed by atoms with Crippen LogP contribution < -0.4 is 15.0 Å². The molecular weight excluding hydrogens is 340 g/mol. The van der Waals surface area contributed by atoms with E-state index >= 15 is 0 Å². The summed E-state index contributed by atoms with van der Waals surface area (Å²) < 4.78 is 12.0. The molecule has 2 aromatic carbocycles. The summed E-state index contributed by atoms with van der Waals surface area (Å²) in [4.78, 5) is 12.6. The number of methoxy groups -OCH3 is 2. The fourth-order valence-corrected chi connectivity index (χ4v) is 2.92. The Hall–Kier alpha value is -3.08. The van der Waals surface area contributed by atoms with Crippen LogP contribution in [0.2, 0.25) is 0 Å². The molecule has 0 atom stereocenters. The zero-order valence-electron chi connectivity index (χ0n) is 16.1. The van der Waals surface area contributed by atoms with E-state index < -0.39 is 0 Å². The van der Waals surface area contributed by atoms with Crippen LogP contribution in [0.25, 0.3) is 22.4 Å². The topological polar surface area (TPSA) is 53.4 Å². The zero-order valence-corrected chi connectivity index (χ0v) is 16.1. The van der Waals surface area contributed by atoms with Gasteiger partial charge in [0.05, 0.1) is 19.9 Å². The van der Waals surface area contributed by atoms with Crippen LogP contribution in [0.1, 0.15) is 13.8 Å². The maximum Gasteiger partial charge on any atom is 0.267 e. The molecule has 1 aromatic heterocycles. The first-order valence-electron chi connectivity index (χ1n) is 8.93. The summed E-state index contributed by atoms with van der Waals surface area (Å²) in [6, 6.07) is 17.0. The zero-order chi connectivity index (χ0) is 19.4. The van der Waals surface area contributed by atoms with Crippen LogP contribution in [0.4, 0.5) is 0 Å². The van der Waals surface area contributed by atoms with Crippen LogP contribution in [-0.2, 0) is 6.54 Å². The van der Waals surface area contributed by atoms with Crippen molar-refractivity contribution in [2.75, 3.05) is 14.2 Å². The van der Waals surface area contributed by atoms with Crippen molar-refractivity contribution in [1.29, 1.82) is 0 Å². The van der Waals surface area contributed by atoms with Gasteiger partial charge >= 0.3 is 0 Å². The third-order valence-electron chi connectivity index (χ3n) is 4.30. The van der Waals surface area contributed by atoms with E-state index in [1.165, 1.54) is 4.68 Å². The number of hydrogen-bond donors (Lipinski definition) is 0. The van der Waals surface area contributed by atoms with Gasteiger partial charge in [0.1, 0.15) is 11.5 Å². The van der Waals surface area contributed by atoms with Gasteiger partial charge in [-0.3, -0.25) is 4.79 Å². The van der Waals surface area contributed by atoms with E-state index in [4.69, 9.17) is 9.47 Å². The Balaban J connectivity index is 2.17. The Labute approximate surface area is 159 Å². The highest BCUT2D eigenvalue weighted by Crippen LogP contribution is 2.31. The first-order valence-corrected chi connectivity index (χ1v) is 8.93. The second-order valence-electron chi connectivity index (χ2n) is 6.78. The van der Waals surface area contributed by atoms with Crippen LogP contribution in [0, 0.1) is 5.92 Å². The van der Waals surface area contributed by atoms with Gasteiger partial charge in [-0.25, -0.2) is 4.68 Å². The largest absolute Gasteiger partial charge is 0.497 e. The van der Waals surface area contributed by atoms with Gasteiger partial charge in [-0.05, 0) is 47.9 Å². The molecule has 0 amide bonds. The monoisotopic (exact) mass is 364 g/mol. The van der Waals surface area contributed by atoms with Gasteiger partial charge in [0.15, 0.2) is 0 Å². The van der Waals surface area contributed by atoms with Crippen LogP contribution >= 0.6 is 0 Å². The van der Waals surface area contributed by atoms with E-state index in [9.17, 15) is 4.79 Å². The Morgan fingerprint density at radius 2 is 1.41 bits per heavy atom. The fourth-order valence-electron chi connectivity index (χ4n) is 2.92. The van der Waals surface area contributed by atoms with E-state index in [0.717, 1.165) is 33.9 Å². The molecule has 0 aliphatic heterocycles. The lowest BCUT2D eigenvalue weighted by atomic mass is 10.00. The lowest BCUT2D eigenvalue weighted by molar-refractivity contribution is 0.414. The molecule has 3 aromatic rings. The van der Waals surface area contributed by atoms with E-state index in [1.54, 1.807) is 20.3 Å². The summed E-state index contributed by atoms with van der Waals surface area (Å²) >= 11 is 0. The summed E-state index contributed by atoms with van der Waals surface area (Å²) in [5.74, 6) is 1.87. The Morgan fingerprint density at radius 1 is 0.889 bits per heavy atom. The average Bonchev–Trinajstić information content (AvgIpc) is 2.69. The number of benzene rings is 2. The summed E-state index contributed by atoms with van der Waals surface area (Å²) in [5.41, 5.74) is 3.31. The predicted molar refractivity (Wildman–Crippen MR) is 107 cm³/mol. The van der Waals surface area contributed by atoms with Gasteiger partial charge in [0.2, 0.25) is 0 Å². The molecule has 27 heavy (non-hydrogen) atoms. The first-order chi connectivity index (χ1) is 13.0. The van der Waals surface area contributed by atoms with Crippen LogP contribution in [0.15, 0.2) is 59.4 Å². The lowest BCUT2D eigenvalue weighted by Crippen LogP contribution is -2.25. The molecule has 0 unspecified atom stereocenters. The van der Waals surface area contributed by atoms with Gasteiger partial charge in [0, 0.05) is 23.7 Å². The standard InChI is InChI=1S/C22H24N2O3/c1-15(2)14-24-21(25)13-20(16-5-9-18(26-3)10-6-16)22(23-24)17-7-11-19(27-4)12-8-17/h5-13,15H,14H2,1-4H3. The van der Waals surface area contributed by atoms with Gasteiger partial charge in [-0.2, -0.15) is 5.10 Å². The van der Waals surface area contributed by atoms with Gasteiger partial charge < -0.3 is 9.47 Å². The minimum atomic E-state index is -0.105. The van der Waals surface area contributed by atoms with Gasteiger partial charge in [0.25, 0.3) is 5.56 Å². The van der Waals surface area contributed by atoms with Crippen LogP contribution in [0.5, 0.6) is 11.5 Å². The molecule has 3 rings (SSSR count). The molecule has 0 radical (unpaired) electrons. The van der Waals surface area contributed by atoms with Crippen molar-refractivity contribution in [1.82, 2.24) is 9.78 Å². The molecule has 0 spiro atoms. The molecule has 0 bridgehead atoms. The SMILES string of the molecule is COc1ccc(-c2cc(=O)n(CC(C)C)nc2-c2ccc(OC)cc2)cc1. The van der Waals surface area contributed by atoms with Crippen LogP contribution in [-0.4, -0.2) is 24.0 Å². The fraction of sp³-hybridized carbons (Fsp3) is 0.273. The quantitative estimate of drug-likeness (QED) is 0.656. The molecule has 0 saturated heterocycles. The maximum absolute atomic E-state index is 12.6. The van der Waals surface area contributed by atoms with Crippen LogP contribution in [0.3, 0.4) is 0 Å². The number of aromatic nitrogens is 2. The lowest BCUT2D eigenvalue weighted by Gasteiger charge is -2.14. The van der Waals surface area contributed by atoms with E-state index in [1.807, 2.05) is 48.5 Å². The van der Waals surface area contributed by atoms with Crippen molar-refractivity contribution in [2.45, 2.75) is 20.4 Å². The minimum absolute atomic E-state index is 0.105. The van der Waals surface area contributed by atoms with E-state index in [-0.39, 0.29) is 5.56 Å². The number of rotatable bonds is 6. The van der Waals surface area contributed by atoms with Crippen molar-refractivity contribution in [2.24, 2.45) is 5.92 Å². The Morgan fingerprint density at radius 3 is 1.89 bits per heavy atom. The maximum atomic E-state index is 12.6. The van der Waals surface area contributed by atoms with Crippen molar-refractivity contribution in [3.63, 3.8) is 0 Å². The number of ether oxygens (including phenoxy) is 2. The molecule has 0 fully saturated rings. The molecule has 1 heterocycles. The molecule has 0 N–H and O–H groups in total. The smallest absolute Gasteiger partial charge is 0.267 e. The van der Waals surface area contributed by atoms with E-state index in [2.05, 4.69) is 18.9 Å². The van der Waals surface area contributed by atoms with E-state index in [0.29, 0.717) is 12.5 Å². The highest BCUT2D eigenvalue weighted by molar-refractivity contribution is 5.80. The summed E-state index contributed by atoms with van der Waals surface area (Å²) in [7, 11) is 3.27. The second-order valence-corrected chi connectivity index (χ2v) is 6.78. The average molecular weight is 364 g/mol. The van der Waals surface area contributed by atoms with Gasteiger partial charge in [-0.15, -0.1) is 0 Å². The molecule has 5 nitrogen and oxygen atoms in total. The third-order valence-corrected chi connectivity index (χ3v) is 4.30. The minimum Gasteiger partial charge on any atom is -0.497 e. The summed E-state index contributed by atoms with van der Waals surface area (Å²) in [6.45, 7) is 4.71. The normalized spacial score (nSPS) is 10.9. The highest BCUT2D eigenvalue weighted by atomic mass is 16.5. The summed E-state index contributed by atoms with van der Waals surface area (Å²) in [5, 5.41) is 4.69. The molecule has 0 aliphatic rings. The highest BCUT2D eigenvalue weighted by Gasteiger charge is 2.14. The Bertz CT molecular complexity index is 958. The third kappa shape index (κ3) is 4.19. The number of hydrogen-bond acceptors (Lipinski definition) is 4. The molecular formula is C22H24N2O3. The summed E-state index contributed by atoms with van der Waals surface area (Å²) in [6.07, 6.45) is 0. The predicted octanol–water partition coefficient (Wildman–Crippen LogP) is 4.25.